The Morgan fingerprint density at radius 3 is 3.25 bits per heavy atom. The van der Waals surface area contributed by atoms with Crippen LogP contribution in [0.3, 0.4) is 0 Å². The molecule has 16 heavy (non-hydrogen) atoms. The molecule has 0 spiro atoms. The molecule has 1 fully saturated rings. The van der Waals surface area contributed by atoms with Crippen molar-refractivity contribution in [2.45, 2.75) is 19.8 Å². The molecule has 1 aliphatic heterocycles. The number of hydrogen-bond acceptors (Lipinski definition) is 4. The Morgan fingerprint density at radius 2 is 2.62 bits per heavy atom. The first kappa shape index (κ1) is 11.5. The van der Waals surface area contributed by atoms with E-state index < -0.39 is 0 Å². The molecule has 2 heterocycles. The summed E-state index contributed by atoms with van der Waals surface area (Å²) in [7, 11) is 0. The molecular formula is C11H16N2O2S. The molecule has 0 aromatic carbocycles. The van der Waals surface area contributed by atoms with Crippen molar-refractivity contribution in [2.75, 3.05) is 19.8 Å². The average Bonchev–Trinajstić information content (AvgIpc) is 2.74. The summed E-state index contributed by atoms with van der Waals surface area (Å²) in [6, 6.07) is 0. The molecule has 1 saturated heterocycles. The van der Waals surface area contributed by atoms with Crippen molar-refractivity contribution in [3.63, 3.8) is 0 Å². The van der Waals surface area contributed by atoms with Gasteiger partial charge in [0.1, 0.15) is 5.69 Å². The molecule has 4 nitrogen and oxygen atoms in total. The molecule has 1 unspecified atom stereocenters. The summed E-state index contributed by atoms with van der Waals surface area (Å²) in [5.74, 6) is 0.382. The Hall–Kier alpha value is -0.940. The van der Waals surface area contributed by atoms with E-state index in [2.05, 4.69) is 10.3 Å². The van der Waals surface area contributed by atoms with Crippen LogP contribution < -0.4 is 5.32 Å². The largest absolute Gasteiger partial charge is 0.381 e. The van der Waals surface area contributed by atoms with Crippen LogP contribution in [0.2, 0.25) is 0 Å². The lowest BCUT2D eigenvalue weighted by molar-refractivity contribution is 0.0536. The van der Waals surface area contributed by atoms with Crippen LogP contribution >= 0.6 is 11.3 Å². The Bertz CT molecular complexity index is 359. The van der Waals surface area contributed by atoms with Crippen molar-refractivity contribution >= 4 is 17.2 Å². The van der Waals surface area contributed by atoms with E-state index in [1.54, 1.807) is 5.38 Å². The summed E-state index contributed by atoms with van der Waals surface area (Å²) in [4.78, 5) is 15.8. The fourth-order valence-corrected chi connectivity index (χ4v) is 2.36. The van der Waals surface area contributed by atoms with Crippen LogP contribution in [0.5, 0.6) is 0 Å². The number of nitrogens with one attached hydrogen (secondary N) is 1. The molecule has 88 valence electrons. The molecule has 0 aliphatic carbocycles. The quantitative estimate of drug-likeness (QED) is 0.873. The van der Waals surface area contributed by atoms with E-state index in [0.29, 0.717) is 18.2 Å². The van der Waals surface area contributed by atoms with Gasteiger partial charge < -0.3 is 10.1 Å². The number of aromatic nitrogens is 1. The molecule has 0 saturated carbocycles. The number of thiazole rings is 1. The average molecular weight is 240 g/mol. The Kier molecular flexibility index (Phi) is 3.90. The minimum absolute atomic E-state index is 0.0741. The zero-order chi connectivity index (χ0) is 11.4. The molecule has 1 aromatic heterocycles. The molecular weight excluding hydrogens is 224 g/mol. The van der Waals surface area contributed by atoms with Crippen LogP contribution in [0.1, 0.15) is 28.3 Å². The van der Waals surface area contributed by atoms with Crippen LogP contribution in [-0.4, -0.2) is 30.6 Å². The first-order chi connectivity index (χ1) is 7.75. The predicted molar refractivity (Wildman–Crippen MR) is 62.7 cm³/mol. The first-order valence-electron chi connectivity index (χ1n) is 5.54. The minimum atomic E-state index is -0.0741. The van der Waals surface area contributed by atoms with Crippen molar-refractivity contribution in [3.05, 3.63) is 16.1 Å². The number of carbonyl (C=O) groups is 1. The monoisotopic (exact) mass is 240 g/mol. The second-order valence-electron chi connectivity index (χ2n) is 4.04. The van der Waals surface area contributed by atoms with Crippen molar-refractivity contribution in [2.24, 2.45) is 5.92 Å². The van der Waals surface area contributed by atoms with Gasteiger partial charge in [-0.25, -0.2) is 4.98 Å². The number of ether oxygens (including phenoxy) is 1. The van der Waals surface area contributed by atoms with Crippen LogP contribution in [0.15, 0.2) is 5.38 Å². The lowest BCUT2D eigenvalue weighted by Gasteiger charge is -2.21. The zero-order valence-corrected chi connectivity index (χ0v) is 10.2. The van der Waals surface area contributed by atoms with Gasteiger partial charge in [0.25, 0.3) is 5.91 Å². The van der Waals surface area contributed by atoms with Crippen LogP contribution in [0, 0.1) is 12.8 Å². The van der Waals surface area contributed by atoms with Gasteiger partial charge in [0, 0.05) is 18.5 Å². The summed E-state index contributed by atoms with van der Waals surface area (Å²) in [6.07, 6.45) is 2.23. The summed E-state index contributed by atoms with van der Waals surface area (Å²) in [6.45, 7) is 4.21. The van der Waals surface area contributed by atoms with Gasteiger partial charge in [0.05, 0.1) is 11.6 Å². The SMILES string of the molecule is Cc1nc(C(=O)NCC2CCCOC2)cs1. The van der Waals surface area contributed by atoms with E-state index in [4.69, 9.17) is 4.74 Å². The lowest BCUT2D eigenvalue weighted by atomic mass is 10.0. The molecule has 2 rings (SSSR count). The fraction of sp³-hybridized carbons (Fsp3) is 0.636. The Morgan fingerprint density at radius 1 is 1.75 bits per heavy atom. The van der Waals surface area contributed by atoms with Gasteiger partial charge in [0.15, 0.2) is 0 Å². The van der Waals surface area contributed by atoms with Gasteiger partial charge in [-0.15, -0.1) is 11.3 Å². The van der Waals surface area contributed by atoms with E-state index in [1.807, 2.05) is 6.92 Å². The second-order valence-corrected chi connectivity index (χ2v) is 5.11. The van der Waals surface area contributed by atoms with Crippen LogP contribution in [0.4, 0.5) is 0 Å². The van der Waals surface area contributed by atoms with Crippen molar-refractivity contribution < 1.29 is 9.53 Å². The zero-order valence-electron chi connectivity index (χ0n) is 9.36. The molecule has 1 N–H and O–H groups in total. The highest BCUT2D eigenvalue weighted by atomic mass is 32.1. The Balaban J connectivity index is 1.79. The third-order valence-electron chi connectivity index (χ3n) is 2.66. The van der Waals surface area contributed by atoms with E-state index in [9.17, 15) is 4.79 Å². The highest BCUT2D eigenvalue weighted by molar-refractivity contribution is 7.09. The van der Waals surface area contributed by atoms with E-state index in [-0.39, 0.29) is 5.91 Å². The summed E-state index contributed by atoms with van der Waals surface area (Å²) < 4.78 is 5.36. The standard InChI is InChI=1S/C11H16N2O2S/c1-8-13-10(7-16-8)11(14)12-5-9-3-2-4-15-6-9/h7,9H,2-6H2,1H3,(H,12,14). The first-order valence-corrected chi connectivity index (χ1v) is 6.42. The second kappa shape index (κ2) is 5.41. The maximum Gasteiger partial charge on any atom is 0.270 e. The Labute approximate surface area is 99.0 Å². The highest BCUT2D eigenvalue weighted by Gasteiger charge is 2.16. The van der Waals surface area contributed by atoms with Crippen molar-refractivity contribution in [3.8, 4) is 0 Å². The molecule has 1 aliphatic rings. The maximum absolute atomic E-state index is 11.7. The summed E-state index contributed by atoms with van der Waals surface area (Å²) in [5, 5.41) is 5.62. The van der Waals surface area contributed by atoms with E-state index in [0.717, 1.165) is 31.1 Å². The smallest absolute Gasteiger partial charge is 0.270 e. The highest BCUT2D eigenvalue weighted by Crippen LogP contribution is 2.13. The van der Waals surface area contributed by atoms with Gasteiger partial charge >= 0.3 is 0 Å². The summed E-state index contributed by atoms with van der Waals surface area (Å²) in [5.41, 5.74) is 0.527. The molecule has 1 atom stereocenters. The van der Waals surface area contributed by atoms with Gasteiger partial charge in [-0.3, -0.25) is 4.79 Å². The number of aryl methyl sites for hydroxylation is 1. The number of carbonyl (C=O) groups excluding carboxylic acids is 1. The topological polar surface area (TPSA) is 51.2 Å². The number of amides is 1. The number of hydrogen-bond donors (Lipinski definition) is 1. The predicted octanol–water partition coefficient (Wildman–Crippen LogP) is 1.61. The van der Waals surface area contributed by atoms with Gasteiger partial charge in [-0.05, 0) is 25.7 Å². The number of rotatable bonds is 3. The lowest BCUT2D eigenvalue weighted by Crippen LogP contribution is -2.33. The third kappa shape index (κ3) is 3.02. The van der Waals surface area contributed by atoms with Crippen molar-refractivity contribution in [1.82, 2.24) is 10.3 Å². The van der Waals surface area contributed by atoms with Gasteiger partial charge in [-0.1, -0.05) is 0 Å². The van der Waals surface area contributed by atoms with Crippen LogP contribution in [0.25, 0.3) is 0 Å². The van der Waals surface area contributed by atoms with E-state index >= 15 is 0 Å². The van der Waals surface area contributed by atoms with E-state index in [1.165, 1.54) is 11.3 Å². The maximum atomic E-state index is 11.7. The van der Waals surface area contributed by atoms with Crippen molar-refractivity contribution in [1.29, 1.82) is 0 Å². The van der Waals surface area contributed by atoms with Gasteiger partial charge in [0.2, 0.25) is 0 Å². The molecule has 1 aromatic rings. The third-order valence-corrected chi connectivity index (χ3v) is 3.43. The number of nitrogens with zero attached hydrogens (tertiary/aromatic N) is 1. The van der Waals surface area contributed by atoms with Gasteiger partial charge in [-0.2, -0.15) is 0 Å². The normalized spacial score (nSPS) is 20.7. The molecule has 0 bridgehead atoms. The summed E-state index contributed by atoms with van der Waals surface area (Å²) >= 11 is 1.50. The van der Waals surface area contributed by atoms with Crippen LogP contribution in [-0.2, 0) is 4.74 Å². The molecule has 0 radical (unpaired) electrons. The fourth-order valence-electron chi connectivity index (χ4n) is 1.76. The molecule has 1 amide bonds. The minimum Gasteiger partial charge on any atom is -0.381 e. The molecule has 5 heteroatoms.